The second-order valence-corrected chi connectivity index (χ2v) is 6.67. The first-order chi connectivity index (χ1) is 9.03. The molecule has 1 aromatic carbocycles. The lowest BCUT2D eigenvalue weighted by molar-refractivity contribution is 0.486. The Bertz CT molecular complexity index is 602. The Labute approximate surface area is 112 Å². The molecule has 1 saturated carbocycles. The van der Waals surface area contributed by atoms with Gasteiger partial charge in [0.2, 0.25) is 10.0 Å². The molecule has 4 nitrogen and oxygen atoms in total. The topological polar surface area (TPSA) is 70.0 Å². The third-order valence-electron chi connectivity index (χ3n) is 3.34. The van der Waals surface area contributed by atoms with Gasteiger partial charge in [0.15, 0.2) is 0 Å². The van der Waals surface area contributed by atoms with Gasteiger partial charge in [-0.15, -0.1) is 0 Å². The molecule has 0 amide bonds. The minimum absolute atomic E-state index is 0.0930. The van der Waals surface area contributed by atoms with Crippen molar-refractivity contribution in [1.29, 1.82) is 5.26 Å². The average molecular weight is 282 g/mol. The highest BCUT2D eigenvalue weighted by Gasteiger charge is 2.27. The number of nitrogens with zero attached hydrogens (tertiary/aromatic N) is 1. The SMILES string of the molecule is N#Cc1ccc(NS(=O)(=O)C2CCCCC2)c(F)c1. The van der Waals surface area contributed by atoms with Crippen molar-refractivity contribution in [2.45, 2.75) is 37.4 Å². The number of nitriles is 1. The molecule has 2 rings (SSSR count). The molecule has 102 valence electrons. The van der Waals surface area contributed by atoms with Gasteiger partial charge in [0.05, 0.1) is 22.6 Å². The summed E-state index contributed by atoms with van der Waals surface area (Å²) >= 11 is 0. The molecule has 6 heteroatoms. The molecule has 19 heavy (non-hydrogen) atoms. The Morgan fingerprint density at radius 3 is 2.53 bits per heavy atom. The highest BCUT2D eigenvalue weighted by Crippen LogP contribution is 2.26. The van der Waals surface area contributed by atoms with Crippen LogP contribution in [-0.4, -0.2) is 13.7 Å². The van der Waals surface area contributed by atoms with Crippen LogP contribution in [0.25, 0.3) is 0 Å². The van der Waals surface area contributed by atoms with E-state index < -0.39 is 21.1 Å². The standard InChI is InChI=1S/C13H15FN2O2S/c14-12-8-10(9-15)6-7-13(12)16-19(17,18)11-4-2-1-3-5-11/h6-8,11,16H,1-5H2. The number of nitrogens with one attached hydrogen (secondary N) is 1. The highest BCUT2D eigenvalue weighted by atomic mass is 32.2. The van der Waals surface area contributed by atoms with Gasteiger partial charge in [-0.2, -0.15) is 5.26 Å². The van der Waals surface area contributed by atoms with Crippen molar-refractivity contribution in [3.8, 4) is 6.07 Å². The van der Waals surface area contributed by atoms with E-state index in [1.165, 1.54) is 12.1 Å². The van der Waals surface area contributed by atoms with Crippen molar-refractivity contribution in [3.63, 3.8) is 0 Å². The Hall–Kier alpha value is -1.61. The molecular weight excluding hydrogens is 267 g/mol. The van der Waals surface area contributed by atoms with E-state index in [0.717, 1.165) is 25.3 Å². The summed E-state index contributed by atoms with van der Waals surface area (Å²) in [5.74, 6) is -0.724. The first-order valence-electron chi connectivity index (χ1n) is 6.24. The zero-order chi connectivity index (χ0) is 13.9. The summed E-state index contributed by atoms with van der Waals surface area (Å²) in [6.45, 7) is 0. The van der Waals surface area contributed by atoms with Gasteiger partial charge >= 0.3 is 0 Å². The zero-order valence-electron chi connectivity index (χ0n) is 10.4. The Kier molecular flexibility index (Phi) is 4.05. The summed E-state index contributed by atoms with van der Waals surface area (Å²) < 4.78 is 40.2. The maximum absolute atomic E-state index is 13.7. The minimum Gasteiger partial charge on any atom is -0.280 e. The number of sulfonamides is 1. The van der Waals surface area contributed by atoms with Gasteiger partial charge in [0.1, 0.15) is 5.82 Å². The molecule has 1 aliphatic carbocycles. The molecule has 0 bridgehead atoms. The summed E-state index contributed by atoms with van der Waals surface area (Å²) in [7, 11) is -3.55. The van der Waals surface area contributed by atoms with E-state index in [2.05, 4.69) is 4.72 Å². The first-order valence-corrected chi connectivity index (χ1v) is 7.79. The maximum Gasteiger partial charge on any atom is 0.235 e. The van der Waals surface area contributed by atoms with Gasteiger partial charge in [-0.25, -0.2) is 12.8 Å². The van der Waals surface area contributed by atoms with Crippen LogP contribution in [0.4, 0.5) is 10.1 Å². The average Bonchev–Trinajstić information content (AvgIpc) is 2.42. The summed E-state index contributed by atoms with van der Waals surface area (Å²) in [6.07, 6.45) is 4.07. The summed E-state index contributed by atoms with van der Waals surface area (Å²) in [6, 6.07) is 5.51. The second kappa shape index (κ2) is 5.57. The molecule has 1 aliphatic rings. The van der Waals surface area contributed by atoms with Crippen LogP contribution >= 0.6 is 0 Å². The highest BCUT2D eigenvalue weighted by molar-refractivity contribution is 7.93. The van der Waals surface area contributed by atoms with Crippen LogP contribution in [0.1, 0.15) is 37.7 Å². The van der Waals surface area contributed by atoms with E-state index in [1.54, 1.807) is 6.07 Å². The van der Waals surface area contributed by atoms with Crippen LogP contribution in [-0.2, 0) is 10.0 Å². The van der Waals surface area contributed by atoms with Gasteiger partial charge in [-0.05, 0) is 31.0 Å². The smallest absolute Gasteiger partial charge is 0.235 e. The van der Waals surface area contributed by atoms with Crippen LogP contribution in [0.15, 0.2) is 18.2 Å². The largest absolute Gasteiger partial charge is 0.280 e. The van der Waals surface area contributed by atoms with Crippen LogP contribution < -0.4 is 4.72 Å². The van der Waals surface area contributed by atoms with Crippen molar-refractivity contribution < 1.29 is 12.8 Å². The maximum atomic E-state index is 13.7. The third-order valence-corrected chi connectivity index (χ3v) is 5.19. The van der Waals surface area contributed by atoms with Gasteiger partial charge in [0, 0.05) is 0 Å². The zero-order valence-corrected chi connectivity index (χ0v) is 11.2. The molecular formula is C13H15FN2O2S. The first kappa shape index (κ1) is 13.8. The van der Waals surface area contributed by atoms with E-state index in [4.69, 9.17) is 5.26 Å². The van der Waals surface area contributed by atoms with E-state index in [0.29, 0.717) is 12.8 Å². The normalized spacial score (nSPS) is 16.8. The van der Waals surface area contributed by atoms with Gasteiger partial charge in [-0.1, -0.05) is 19.3 Å². The molecule has 0 unspecified atom stereocenters. The van der Waals surface area contributed by atoms with E-state index in [9.17, 15) is 12.8 Å². The molecule has 0 aromatic heterocycles. The monoisotopic (exact) mass is 282 g/mol. The molecule has 0 saturated heterocycles. The molecule has 0 aliphatic heterocycles. The Morgan fingerprint density at radius 1 is 1.26 bits per heavy atom. The predicted molar refractivity (Wildman–Crippen MR) is 70.5 cm³/mol. The van der Waals surface area contributed by atoms with Crippen LogP contribution in [0.5, 0.6) is 0 Å². The van der Waals surface area contributed by atoms with Gasteiger partial charge < -0.3 is 0 Å². The van der Waals surface area contributed by atoms with Crippen LogP contribution in [0.2, 0.25) is 0 Å². The molecule has 1 aromatic rings. The molecule has 0 radical (unpaired) electrons. The van der Waals surface area contributed by atoms with Gasteiger partial charge in [-0.3, -0.25) is 4.72 Å². The number of anilines is 1. The lowest BCUT2D eigenvalue weighted by atomic mass is 10.0. The number of hydrogen-bond donors (Lipinski definition) is 1. The Morgan fingerprint density at radius 2 is 1.95 bits per heavy atom. The van der Waals surface area contributed by atoms with E-state index >= 15 is 0 Å². The summed E-state index contributed by atoms with van der Waals surface area (Å²) in [5, 5.41) is 8.19. The van der Waals surface area contributed by atoms with E-state index in [-0.39, 0.29) is 11.3 Å². The van der Waals surface area contributed by atoms with Gasteiger partial charge in [0.25, 0.3) is 0 Å². The van der Waals surface area contributed by atoms with Crippen molar-refractivity contribution in [2.75, 3.05) is 4.72 Å². The predicted octanol–water partition coefficient (Wildman–Crippen LogP) is 2.77. The minimum atomic E-state index is -3.55. The molecule has 1 N–H and O–H groups in total. The summed E-state index contributed by atoms with van der Waals surface area (Å²) in [5.41, 5.74) is 0.0719. The number of rotatable bonds is 3. The third kappa shape index (κ3) is 3.24. The lowest BCUT2D eigenvalue weighted by Gasteiger charge is -2.22. The number of hydrogen-bond acceptors (Lipinski definition) is 3. The fraction of sp³-hybridized carbons (Fsp3) is 0.462. The summed E-state index contributed by atoms with van der Waals surface area (Å²) in [4.78, 5) is 0. The van der Waals surface area contributed by atoms with Crippen molar-refractivity contribution in [3.05, 3.63) is 29.6 Å². The molecule has 0 spiro atoms. The number of benzene rings is 1. The Balaban J connectivity index is 2.18. The quantitative estimate of drug-likeness (QED) is 0.926. The van der Waals surface area contributed by atoms with Crippen molar-refractivity contribution >= 4 is 15.7 Å². The number of halogens is 1. The molecule has 0 atom stereocenters. The van der Waals surface area contributed by atoms with Crippen LogP contribution in [0, 0.1) is 17.1 Å². The molecule has 0 heterocycles. The fourth-order valence-electron chi connectivity index (χ4n) is 2.28. The molecule has 1 fully saturated rings. The lowest BCUT2D eigenvalue weighted by Crippen LogP contribution is -2.30. The van der Waals surface area contributed by atoms with Crippen molar-refractivity contribution in [1.82, 2.24) is 0 Å². The van der Waals surface area contributed by atoms with Crippen LogP contribution in [0.3, 0.4) is 0 Å². The van der Waals surface area contributed by atoms with E-state index in [1.807, 2.05) is 0 Å². The second-order valence-electron chi connectivity index (χ2n) is 4.71. The fourth-order valence-corrected chi connectivity index (χ4v) is 3.87. The van der Waals surface area contributed by atoms with Crippen molar-refractivity contribution in [2.24, 2.45) is 0 Å².